The molecule has 2 aromatic rings. The third-order valence-corrected chi connectivity index (χ3v) is 3.98. The number of carbonyl (C=O) groups is 1. The van der Waals surface area contributed by atoms with Gasteiger partial charge in [-0.05, 0) is 55.0 Å². The van der Waals surface area contributed by atoms with Crippen LogP contribution in [0, 0.1) is 10.1 Å². The van der Waals surface area contributed by atoms with E-state index in [1.807, 2.05) is 13.0 Å². The van der Waals surface area contributed by atoms with E-state index < -0.39 is 4.92 Å². The molecule has 26 heavy (non-hydrogen) atoms. The van der Waals surface area contributed by atoms with Crippen LogP contribution in [0.2, 0.25) is 0 Å². The normalized spacial score (nSPS) is 15.3. The number of benzene rings is 2. The SMILES string of the molecule is CCOc1ccccc1N1C(=O)/C(=C\c2ccc([N+](=O)[O-])cc2)NC1=S. The van der Waals surface area contributed by atoms with Crippen molar-refractivity contribution in [2.45, 2.75) is 6.92 Å². The first-order valence-corrected chi connectivity index (χ1v) is 8.25. The van der Waals surface area contributed by atoms with Gasteiger partial charge in [-0.2, -0.15) is 0 Å². The summed E-state index contributed by atoms with van der Waals surface area (Å²) in [7, 11) is 0. The zero-order valence-corrected chi connectivity index (χ0v) is 14.7. The molecule has 3 rings (SSSR count). The lowest BCUT2D eigenvalue weighted by Gasteiger charge is -2.17. The predicted octanol–water partition coefficient (Wildman–Crippen LogP) is 3.26. The third-order valence-electron chi connectivity index (χ3n) is 3.70. The highest BCUT2D eigenvalue weighted by atomic mass is 32.1. The van der Waals surface area contributed by atoms with E-state index in [9.17, 15) is 14.9 Å². The quantitative estimate of drug-likeness (QED) is 0.377. The van der Waals surface area contributed by atoms with Crippen molar-refractivity contribution in [2.24, 2.45) is 0 Å². The smallest absolute Gasteiger partial charge is 0.281 e. The van der Waals surface area contributed by atoms with Crippen LogP contribution in [-0.4, -0.2) is 22.5 Å². The number of nitrogens with one attached hydrogen (secondary N) is 1. The van der Waals surface area contributed by atoms with E-state index in [4.69, 9.17) is 17.0 Å². The van der Waals surface area contributed by atoms with Gasteiger partial charge in [0.15, 0.2) is 5.11 Å². The molecule has 0 aliphatic carbocycles. The van der Waals surface area contributed by atoms with E-state index >= 15 is 0 Å². The second kappa shape index (κ2) is 7.32. The zero-order valence-electron chi connectivity index (χ0n) is 13.8. The second-order valence-corrected chi connectivity index (χ2v) is 5.76. The number of rotatable bonds is 5. The van der Waals surface area contributed by atoms with Gasteiger partial charge in [0.05, 0.1) is 17.2 Å². The highest BCUT2D eigenvalue weighted by Crippen LogP contribution is 2.31. The van der Waals surface area contributed by atoms with Crippen LogP contribution in [0.5, 0.6) is 5.75 Å². The minimum atomic E-state index is -0.475. The van der Waals surface area contributed by atoms with Gasteiger partial charge in [-0.1, -0.05) is 12.1 Å². The van der Waals surface area contributed by atoms with Crippen LogP contribution in [0.25, 0.3) is 6.08 Å². The molecule has 1 N–H and O–H groups in total. The molecule has 132 valence electrons. The Morgan fingerprint density at radius 1 is 1.23 bits per heavy atom. The number of anilines is 1. The third kappa shape index (κ3) is 3.40. The fourth-order valence-electron chi connectivity index (χ4n) is 2.53. The maximum atomic E-state index is 12.8. The van der Waals surface area contributed by atoms with Crippen molar-refractivity contribution in [2.75, 3.05) is 11.5 Å². The summed E-state index contributed by atoms with van der Waals surface area (Å²) in [6.07, 6.45) is 1.60. The number of thiocarbonyl (C=S) groups is 1. The van der Waals surface area contributed by atoms with Gasteiger partial charge in [-0.25, -0.2) is 4.90 Å². The number of para-hydroxylation sites is 2. The maximum absolute atomic E-state index is 12.8. The number of hydrogen-bond acceptors (Lipinski definition) is 5. The lowest BCUT2D eigenvalue weighted by atomic mass is 10.1. The van der Waals surface area contributed by atoms with Crippen molar-refractivity contribution in [1.82, 2.24) is 5.32 Å². The molecule has 1 heterocycles. The lowest BCUT2D eigenvalue weighted by Crippen LogP contribution is -2.30. The molecular formula is C18H15N3O4S. The Morgan fingerprint density at radius 2 is 1.92 bits per heavy atom. The van der Waals surface area contributed by atoms with E-state index in [1.165, 1.54) is 17.0 Å². The summed E-state index contributed by atoms with van der Waals surface area (Å²) in [5.74, 6) is 0.240. The molecular weight excluding hydrogens is 354 g/mol. The molecule has 1 amide bonds. The largest absolute Gasteiger partial charge is 0.492 e. The first kappa shape index (κ1) is 17.6. The Bertz CT molecular complexity index is 909. The highest BCUT2D eigenvalue weighted by Gasteiger charge is 2.33. The molecule has 0 saturated carbocycles. The topological polar surface area (TPSA) is 84.7 Å². The van der Waals surface area contributed by atoms with Crippen molar-refractivity contribution in [3.05, 3.63) is 69.9 Å². The van der Waals surface area contributed by atoms with Crippen molar-refractivity contribution in [3.8, 4) is 5.75 Å². The van der Waals surface area contributed by atoms with Gasteiger partial charge in [0, 0.05) is 12.1 Å². The van der Waals surface area contributed by atoms with Crippen LogP contribution in [-0.2, 0) is 4.79 Å². The molecule has 1 aliphatic heterocycles. The summed E-state index contributed by atoms with van der Waals surface area (Å²) in [5, 5.41) is 13.9. The summed E-state index contributed by atoms with van der Waals surface area (Å²) in [6.45, 7) is 2.32. The van der Waals surface area contributed by atoms with E-state index in [-0.39, 0.29) is 22.4 Å². The van der Waals surface area contributed by atoms with Crippen LogP contribution in [0.1, 0.15) is 12.5 Å². The Balaban J connectivity index is 1.91. The molecule has 1 saturated heterocycles. The number of ether oxygens (including phenoxy) is 1. The van der Waals surface area contributed by atoms with Gasteiger partial charge in [-0.3, -0.25) is 14.9 Å². The predicted molar refractivity (Wildman–Crippen MR) is 102 cm³/mol. The number of hydrogen-bond donors (Lipinski definition) is 1. The molecule has 1 fully saturated rings. The van der Waals surface area contributed by atoms with Crippen molar-refractivity contribution in [3.63, 3.8) is 0 Å². The number of nitro benzene ring substituents is 1. The molecule has 0 aromatic heterocycles. The van der Waals surface area contributed by atoms with Crippen LogP contribution in [0.15, 0.2) is 54.2 Å². The standard InChI is InChI=1S/C18H15N3O4S/c1-2-25-16-6-4-3-5-15(16)20-17(22)14(19-18(20)26)11-12-7-9-13(10-8-12)21(23)24/h3-11H,2H2,1H3,(H,19,26)/b14-11+. The molecule has 2 aromatic carbocycles. The summed E-state index contributed by atoms with van der Waals surface area (Å²) in [6, 6.07) is 13.0. The molecule has 0 unspecified atom stereocenters. The van der Waals surface area contributed by atoms with E-state index in [1.54, 1.807) is 36.4 Å². The summed E-state index contributed by atoms with van der Waals surface area (Å²) in [4.78, 5) is 24.4. The fourth-order valence-corrected chi connectivity index (χ4v) is 2.82. The Hall–Kier alpha value is -3.26. The number of amides is 1. The zero-order chi connectivity index (χ0) is 18.7. The number of non-ortho nitro benzene ring substituents is 1. The number of carbonyl (C=O) groups excluding carboxylic acids is 1. The molecule has 0 bridgehead atoms. The van der Waals surface area contributed by atoms with Crippen molar-refractivity contribution >= 4 is 40.7 Å². The summed E-state index contributed by atoms with van der Waals surface area (Å²) in [5.41, 5.74) is 1.48. The molecule has 0 atom stereocenters. The average Bonchev–Trinajstić information content (AvgIpc) is 2.90. The van der Waals surface area contributed by atoms with Crippen LogP contribution >= 0.6 is 12.2 Å². The minimum absolute atomic E-state index is 0.0133. The highest BCUT2D eigenvalue weighted by molar-refractivity contribution is 7.80. The van der Waals surface area contributed by atoms with Gasteiger partial charge in [0.25, 0.3) is 11.6 Å². The second-order valence-electron chi connectivity index (χ2n) is 5.38. The van der Waals surface area contributed by atoms with E-state index in [0.29, 0.717) is 23.6 Å². The molecule has 1 aliphatic rings. The number of nitro groups is 1. The summed E-state index contributed by atoms with van der Waals surface area (Å²) >= 11 is 5.30. The Morgan fingerprint density at radius 3 is 2.58 bits per heavy atom. The van der Waals surface area contributed by atoms with E-state index in [2.05, 4.69) is 5.32 Å². The van der Waals surface area contributed by atoms with Crippen molar-refractivity contribution in [1.29, 1.82) is 0 Å². The van der Waals surface area contributed by atoms with Crippen LogP contribution in [0.4, 0.5) is 11.4 Å². The first-order valence-electron chi connectivity index (χ1n) is 7.84. The van der Waals surface area contributed by atoms with Crippen molar-refractivity contribution < 1.29 is 14.5 Å². The van der Waals surface area contributed by atoms with Gasteiger partial charge in [0.2, 0.25) is 0 Å². The first-order chi connectivity index (χ1) is 12.5. The lowest BCUT2D eigenvalue weighted by molar-refractivity contribution is -0.384. The van der Waals surface area contributed by atoms with Gasteiger partial charge in [0.1, 0.15) is 11.4 Å². The fraction of sp³-hybridized carbons (Fsp3) is 0.111. The monoisotopic (exact) mass is 369 g/mol. The molecule has 7 nitrogen and oxygen atoms in total. The van der Waals surface area contributed by atoms with Crippen LogP contribution in [0.3, 0.4) is 0 Å². The number of nitrogens with zero attached hydrogens (tertiary/aromatic N) is 2. The molecule has 0 radical (unpaired) electrons. The Kier molecular flexibility index (Phi) is 4.94. The average molecular weight is 369 g/mol. The summed E-state index contributed by atoms with van der Waals surface area (Å²) < 4.78 is 5.57. The minimum Gasteiger partial charge on any atom is -0.492 e. The Labute approximate surface area is 155 Å². The van der Waals surface area contributed by atoms with Gasteiger partial charge in [-0.15, -0.1) is 0 Å². The van der Waals surface area contributed by atoms with Gasteiger partial charge >= 0.3 is 0 Å². The maximum Gasteiger partial charge on any atom is 0.281 e. The molecule has 8 heteroatoms. The van der Waals surface area contributed by atoms with Crippen LogP contribution < -0.4 is 15.0 Å². The molecule has 0 spiro atoms. The van der Waals surface area contributed by atoms with Gasteiger partial charge < -0.3 is 10.1 Å². The van der Waals surface area contributed by atoms with E-state index in [0.717, 1.165) is 0 Å².